The van der Waals surface area contributed by atoms with Gasteiger partial charge in [-0.15, -0.1) is 11.3 Å². The molecule has 1 aromatic heterocycles. The van der Waals surface area contributed by atoms with Crippen LogP contribution in [0.1, 0.15) is 23.1 Å². The molecule has 1 aliphatic heterocycles. The first kappa shape index (κ1) is 16.2. The number of rotatable bonds is 3. The molecular weight excluding hydrogens is 348 g/mol. The molecule has 128 valence electrons. The zero-order valence-corrected chi connectivity index (χ0v) is 14.7. The first-order valence-electron chi connectivity index (χ1n) is 8.00. The summed E-state index contributed by atoms with van der Waals surface area (Å²) in [4.78, 5) is 31.1. The average molecular weight is 362 g/mol. The molecule has 0 unspecified atom stereocenters. The summed E-state index contributed by atoms with van der Waals surface area (Å²) in [5.74, 6) is -0.350. The van der Waals surface area contributed by atoms with E-state index in [4.69, 9.17) is 5.26 Å². The van der Waals surface area contributed by atoms with Gasteiger partial charge in [0, 0.05) is 0 Å². The van der Waals surface area contributed by atoms with Crippen LogP contribution in [0, 0.1) is 11.3 Å². The van der Waals surface area contributed by atoms with Crippen molar-refractivity contribution >= 4 is 33.5 Å². The van der Waals surface area contributed by atoms with Crippen molar-refractivity contribution in [2.75, 3.05) is 0 Å². The van der Waals surface area contributed by atoms with Gasteiger partial charge in [-0.3, -0.25) is 9.69 Å². The second-order valence-corrected chi connectivity index (χ2v) is 7.33. The number of nitrogens with one attached hydrogen (secondary N) is 1. The van der Waals surface area contributed by atoms with E-state index in [1.54, 1.807) is 31.2 Å². The Bertz CT molecular complexity index is 1050. The standard InChI is InChI=1S/C19H14N4O2S/c1-19(13-6-4-5-12(9-13)10-20)17(24)23(18(25)22-19)11-16-21-14-7-2-3-8-15(14)26-16/h2-9H,11H2,1H3,(H,22,25)/t19-/m1/s1. The SMILES string of the molecule is C[C@]1(c2cccc(C#N)c2)NC(=O)N(Cc2nc3ccccc3s2)C1=O. The summed E-state index contributed by atoms with van der Waals surface area (Å²) < 4.78 is 1.01. The van der Waals surface area contributed by atoms with E-state index in [2.05, 4.69) is 16.4 Å². The molecule has 0 aliphatic carbocycles. The number of urea groups is 1. The number of carbonyl (C=O) groups is 2. The molecule has 3 amide bonds. The Labute approximate surface area is 153 Å². The van der Waals surface area contributed by atoms with Crippen molar-refractivity contribution in [3.05, 3.63) is 64.7 Å². The number of benzene rings is 2. The molecule has 4 rings (SSSR count). The van der Waals surface area contributed by atoms with E-state index in [0.29, 0.717) is 16.1 Å². The molecule has 2 heterocycles. The van der Waals surface area contributed by atoms with Gasteiger partial charge in [-0.2, -0.15) is 5.26 Å². The summed E-state index contributed by atoms with van der Waals surface area (Å²) >= 11 is 1.46. The second-order valence-electron chi connectivity index (χ2n) is 6.21. The number of hydrogen-bond acceptors (Lipinski definition) is 5. The Kier molecular flexibility index (Phi) is 3.71. The Morgan fingerprint density at radius 2 is 2.04 bits per heavy atom. The zero-order chi connectivity index (χ0) is 18.3. The lowest BCUT2D eigenvalue weighted by atomic mass is 9.91. The van der Waals surface area contributed by atoms with Gasteiger partial charge in [0.05, 0.1) is 28.4 Å². The maximum absolute atomic E-state index is 13.0. The molecule has 3 aromatic rings. The first-order valence-corrected chi connectivity index (χ1v) is 8.82. The van der Waals surface area contributed by atoms with E-state index in [1.807, 2.05) is 24.3 Å². The number of fused-ring (bicyclic) bond motifs is 1. The number of amides is 3. The van der Waals surface area contributed by atoms with Crippen LogP contribution >= 0.6 is 11.3 Å². The van der Waals surface area contributed by atoms with Gasteiger partial charge < -0.3 is 5.32 Å². The van der Waals surface area contributed by atoms with Gasteiger partial charge in [-0.05, 0) is 36.8 Å². The Morgan fingerprint density at radius 1 is 1.23 bits per heavy atom. The molecule has 1 aliphatic rings. The monoisotopic (exact) mass is 362 g/mol. The maximum atomic E-state index is 13.0. The minimum absolute atomic E-state index is 0.123. The van der Waals surface area contributed by atoms with Gasteiger partial charge in [0.2, 0.25) is 0 Å². The average Bonchev–Trinajstić information content (AvgIpc) is 3.16. The van der Waals surface area contributed by atoms with Crippen LogP contribution in [0.15, 0.2) is 48.5 Å². The van der Waals surface area contributed by atoms with Crippen LogP contribution < -0.4 is 5.32 Å². The van der Waals surface area contributed by atoms with Crippen molar-refractivity contribution in [3.8, 4) is 6.07 Å². The fraction of sp³-hybridized carbons (Fsp3) is 0.158. The molecule has 0 saturated carbocycles. The number of nitrogens with zero attached hydrogens (tertiary/aromatic N) is 3. The Morgan fingerprint density at radius 3 is 2.81 bits per heavy atom. The lowest BCUT2D eigenvalue weighted by molar-refractivity contribution is -0.131. The molecule has 7 heteroatoms. The molecule has 26 heavy (non-hydrogen) atoms. The highest BCUT2D eigenvalue weighted by atomic mass is 32.1. The van der Waals surface area contributed by atoms with Gasteiger partial charge in [0.15, 0.2) is 0 Å². The van der Waals surface area contributed by atoms with Crippen LogP contribution in [0.4, 0.5) is 4.79 Å². The lowest BCUT2D eigenvalue weighted by Gasteiger charge is -2.22. The number of aromatic nitrogens is 1. The maximum Gasteiger partial charge on any atom is 0.325 e. The summed E-state index contributed by atoms with van der Waals surface area (Å²) in [6.07, 6.45) is 0. The minimum atomic E-state index is -1.19. The second kappa shape index (κ2) is 5.93. The van der Waals surface area contributed by atoms with E-state index in [0.717, 1.165) is 10.2 Å². The summed E-state index contributed by atoms with van der Waals surface area (Å²) in [5, 5.41) is 12.5. The number of para-hydroxylation sites is 1. The number of imide groups is 1. The number of carbonyl (C=O) groups excluding carboxylic acids is 2. The van der Waals surface area contributed by atoms with Crippen molar-refractivity contribution in [2.24, 2.45) is 0 Å². The van der Waals surface area contributed by atoms with E-state index in [-0.39, 0.29) is 12.5 Å². The smallest absolute Gasteiger partial charge is 0.319 e. The van der Waals surface area contributed by atoms with Crippen LogP contribution in [0.5, 0.6) is 0 Å². The van der Waals surface area contributed by atoms with Gasteiger partial charge >= 0.3 is 6.03 Å². The molecule has 6 nitrogen and oxygen atoms in total. The minimum Gasteiger partial charge on any atom is -0.319 e. The third-order valence-corrected chi connectivity index (χ3v) is 5.50. The highest BCUT2D eigenvalue weighted by Gasteiger charge is 2.49. The van der Waals surface area contributed by atoms with Gasteiger partial charge in [0.25, 0.3) is 5.91 Å². The predicted molar refractivity (Wildman–Crippen MR) is 97.2 cm³/mol. The highest BCUT2D eigenvalue weighted by Crippen LogP contribution is 2.31. The largest absolute Gasteiger partial charge is 0.325 e. The third-order valence-electron chi connectivity index (χ3n) is 4.48. The van der Waals surface area contributed by atoms with E-state index < -0.39 is 11.6 Å². The third kappa shape index (κ3) is 2.52. The quantitative estimate of drug-likeness (QED) is 0.725. The van der Waals surface area contributed by atoms with Crippen LogP contribution in [0.3, 0.4) is 0 Å². The van der Waals surface area contributed by atoms with E-state index >= 15 is 0 Å². The summed E-state index contributed by atoms with van der Waals surface area (Å²) in [5.41, 5.74) is 0.682. The predicted octanol–water partition coefficient (Wildman–Crippen LogP) is 3.14. The van der Waals surface area contributed by atoms with Crippen LogP contribution in [0.25, 0.3) is 10.2 Å². The molecule has 1 saturated heterocycles. The van der Waals surface area contributed by atoms with E-state index in [1.165, 1.54) is 16.2 Å². The van der Waals surface area contributed by atoms with Crippen molar-refractivity contribution in [1.29, 1.82) is 5.26 Å². The fourth-order valence-electron chi connectivity index (χ4n) is 3.06. The van der Waals surface area contributed by atoms with Crippen molar-refractivity contribution in [1.82, 2.24) is 15.2 Å². The summed E-state index contributed by atoms with van der Waals surface area (Å²) in [6.45, 7) is 1.78. The molecule has 2 aromatic carbocycles. The molecule has 0 radical (unpaired) electrons. The Balaban J connectivity index is 1.65. The fourth-order valence-corrected chi connectivity index (χ4v) is 4.02. The van der Waals surface area contributed by atoms with Gasteiger partial charge in [0.1, 0.15) is 10.5 Å². The van der Waals surface area contributed by atoms with Crippen molar-refractivity contribution in [2.45, 2.75) is 19.0 Å². The first-order chi connectivity index (χ1) is 12.5. The normalized spacial score (nSPS) is 19.6. The topological polar surface area (TPSA) is 86.1 Å². The molecule has 1 fully saturated rings. The van der Waals surface area contributed by atoms with Gasteiger partial charge in [-0.25, -0.2) is 9.78 Å². The van der Waals surface area contributed by atoms with Crippen LogP contribution in [0.2, 0.25) is 0 Å². The van der Waals surface area contributed by atoms with Crippen molar-refractivity contribution < 1.29 is 9.59 Å². The number of hydrogen-bond donors (Lipinski definition) is 1. The molecule has 1 N–H and O–H groups in total. The molecule has 0 bridgehead atoms. The lowest BCUT2D eigenvalue weighted by Crippen LogP contribution is -2.40. The summed E-state index contributed by atoms with van der Waals surface area (Å²) in [7, 11) is 0. The van der Waals surface area contributed by atoms with Crippen LogP contribution in [-0.4, -0.2) is 21.8 Å². The highest BCUT2D eigenvalue weighted by molar-refractivity contribution is 7.18. The zero-order valence-electron chi connectivity index (χ0n) is 13.9. The number of thiazole rings is 1. The van der Waals surface area contributed by atoms with E-state index in [9.17, 15) is 9.59 Å². The molecule has 1 atom stereocenters. The van der Waals surface area contributed by atoms with Crippen molar-refractivity contribution in [3.63, 3.8) is 0 Å². The summed E-state index contributed by atoms with van der Waals surface area (Å²) in [6, 6.07) is 16.0. The molecule has 0 spiro atoms. The molecular formula is C19H14N4O2S. The van der Waals surface area contributed by atoms with Crippen LogP contribution in [-0.2, 0) is 16.9 Å². The number of nitriles is 1. The van der Waals surface area contributed by atoms with Gasteiger partial charge in [-0.1, -0.05) is 24.3 Å². The Hall–Kier alpha value is -3.24.